The molecular weight excluding hydrogens is 342 g/mol. The van der Waals surface area contributed by atoms with Gasteiger partial charge in [0.05, 0.1) is 7.11 Å². The quantitative estimate of drug-likeness (QED) is 0.478. The number of hydrogen-bond donors (Lipinski definition) is 4. The zero-order valence-corrected chi connectivity index (χ0v) is 15.0. The third-order valence-electron chi connectivity index (χ3n) is 4.26. The Kier molecular flexibility index (Phi) is 7.80. The summed E-state index contributed by atoms with van der Waals surface area (Å²) in [4.78, 5) is 12.2. The minimum Gasteiger partial charge on any atom is -0.497 e. The van der Waals surface area contributed by atoms with Crippen LogP contribution in [0.15, 0.2) is 24.3 Å². The average Bonchev–Trinajstić information content (AvgIpc) is 2.67. The van der Waals surface area contributed by atoms with Gasteiger partial charge in [-0.2, -0.15) is 0 Å². The summed E-state index contributed by atoms with van der Waals surface area (Å²) < 4.78 is 16.0. The van der Waals surface area contributed by atoms with Gasteiger partial charge in [-0.1, -0.05) is 13.3 Å². The van der Waals surface area contributed by atoms with Gasteiger partial charge in [0.15, 0.2) is 6.29 Å². The zero-order chi connectivity index (χ0) is 19.1. The van der Waals surface area contributed by atoms with E-state index in [9.17, 15) is 20.1 Å². The summed E-state index contributed by atoms with van der Waals surface area (Å²) >= 11 is 0. The van der Waals surface area contributed by atoms with Gasteiger partial charge in [-0.25, -0.2) is 0 Å². The van der Waals surface area contributed by atoms with E-state index in [1.165, 1.54) is 7.11 Å². The number of aliphatic hydroxyl groups is 3. The Morgan fingerprint density at radius 2 is 1.85 bits per heavy atom. The number of rotatable bonds is 8. The van der Waals surface area contributed by atoms with Gasteiger partial charge in [-0.15, -0.1) is 0 Å². The summed E-state index contributed by atoms with van der Waals surface area (Å²) in [6, 6.07) is 6.56. The smallest absolute Gasteiger partial charge is 0.251 e. The number of unbranched alkanes of at least 4 members (excludes halogenated alkanes) is 1. The van der Waals surface area contributed by atoms with Crippen molar-refractivity contribution < 1.29 is 34.3 Å². The first-order valence-corrected chi connectivity index (χ1v) is 8.71. The van der Waals surface area contributed by atoms with Gasteiger partial charge < -0.3 is 34.8 Å². The monoisotopic (exact) mass is 369 g/mol. The van der Waals surface area contributed by atoms with E-state index in [0.29, 0.717) is 17.9 Å². The van der Waals surface area contributed by atoms with E-state index in [0.717, 1.165) is 12.8 Å². The number of nitrogens with one attached hydrogen (secondary N) is 1. The predicted molar refractivity (Wildman–Crippen MR) is 92.9 cm³/mol. The van der Waals surface area contributed by atoms with Crippen molar-refractivity contribution in [2.45, 2.75) is 50.5 Å². The molecule has 26 heavy (non-hydrogen) atoms. The lowest BCUT2D eigenvalue weighted by Gasteiger charge is -2.40. The molecule has 0 spiro atoms. The number of hydrogen-bond acceptors (Lipinski definition) is 7. The van der Waals surface area contributed by atoms with Crippen LogP contribution >= 0.6 is 0 Å². The molecule has 1 aliphatic heterocycles. The summed E-state index contributed by atoms with van der Waals surface area (Å²) in [7, 11) is 1.54. The van der Waals surface area contributed by atoms with E-state index < -0.39 is 30.7 Å². The normalized spacial score (nSPS) is 28.6. The molecule has 146 valence electrons. The molecule has 1 aliphatic rings. The number of ether oxygens (including phenoxy) is 3. The molecule has 8 heteroatoms. The van der Waals surface area contributed by atoms with Crippen molar-refractivity contribution in [1.82, 2.24) is 5.32 Å². The molecule has 0 aromatic heterocycles. The highest BCUT2D eigenvalue weighted by molar-refractivity contribution is 5.94. The van der Waals surface area contributed by atoms with Gasteiger partial charge in [0.1, 0.15) is 30.2 Å². The molecule has 1 fully saturated rings. The van der Waals surface area contributed by atoms with E-state index in [4.69, 9.17) is 14.2 Å². The first kappa shape index (κ1) is 20.6. The highest BCUT2D eigenvalue weighted by Crippen LogP contribution is 2.22. The van der Waals surface area contributed by atoms with Gasteiger partial charge in [-0.05, 0) is 30.7 Å². The summed E-state index contributed by atoms with van der Waals surface area (Å²) in [6.45, 7) is 2.33. The van der Waals surface area contributed by atoms with Crippen molar-refractivity contribution in [3.05, 3.63) is 29.8 Å². The summed E-state index contributed by atoms with van der Waals surface area (Å²) in [5.41, 5.74) is 0.424. The third kappa shape index (κ3) is 5.15. The Hall–Kier alpha value is -1.71. The van der Waals surface area contributed by atoms with Crippen LogP contribution in [-0.4, -0.2) is 72.2 Å². The number of amides is 1. The fraction of sp³-hybridized carbons (Fsp3) is 0.611. The second-order valence-electron chi connectivity index (χ2n) is 6.18. The molecule has 0 bridgehead atoms. The van der Waals surface area contributed by atoms with Crippen molar-refractivity contribution >= 4 is 5.91 Å². The molecular formula is C18H27NO7. The van der Waals surface area contributed by atoms with Gasteiger partial charge in [-0.3, -0.25) is 4.79 Å². The molecule has 5 atom stereocenters. The van der Waals surface area contributed by atoms with Crippen molar-refractivity contribution in [3.63, 3.8) is 0 Å². The molecule has 2 rings (SSSR count). The van der Waals surface area contributed by atoms with Gasteiger partial charge in [0.2, 0.25) is 0 Å². The van der Waals surface area contributed by atoms with Crippen LogP contribution in [0, 0.1) is 0 Å². The molecule has 0 aliphatic carbocycles. The Labute approximate surface area is 152 Å². The van der Waals surface area contributed by atoms with E-state index in [1.54, 1.807) is 24.3 Å². The minimum absolute atomic E-state index is 0.0382. The Balaban J connectivity index is 1.92. The first-order valence-electron chi connectivity index (χ1n) is 8.71. The van der Waals surface area contributed by atoms with E-state index in [1.807, 2.05) is 6.92 Å². The van der Waals surface area contributed by atoms with Crippen LogP contribution in [0.1, 0.15) is 30.1 Å². The van der Waals surface area contributed by atoms with Crippen LogP contribution in [0.25, 0.3) is 0 Å². The van der Waals surface area contributed by atoms with Crippen LogP contribution in [0.4, 0.5) is 0 Å². The van der Waals surface area contributed by atoms with E-state index in [2.05, 4.69) is 5.32 Å². The van der Waals surface area contributed by atoms with Gasteiger partial charge in [0, 0.05) is 18.7 Å². The SMILES string of the molecule is CCCCOC1OC(CNC(=O)c2ccc(OC)cc2)C(O)C(O)C1O. The van der Waals surface area contributed by atoms with Gasteiger partial charge in [0.25, 0.3) is 5.91 Å². The fourth-order valence-electron chi connectivity index (χ4n) is 2.60. The molecule has 1 aromatic rings. The summed E-state index contributed by atoms with van der Waals surface area (Å²) in [5.74, 6) is 0.282. The van der Waals surface area contributed by atoms with Crippen molar-refractivity contribution in [3.8, 4) is 5.75 Å². The second kappa shape index (κ2) is 9.84. The molecule has 0 saturated carbocycles. The second-order valence-corrected chi connectivity index (χ2v) is 6.18. The van der Waals surface area contributed by atoms with E-state index >= 15 is 0 Å². The number of aliphatic hydroxyl groups excluding tert-OH is 3. The third-order valence-corrected chi connectivity index (χ3v) is 4.26. The molecule has 1 amide bonds. The Morgan fingerprint density at radius 1 is 1.15 bits per heavy atom. The molecule has 1 heterocycles. The number of methoxy groups -OCH3 is 1. The lowest BCUT2D eigenvalue weighted by Crippen LogP contribution is -2.60. The van der Waals surface area contributed by atoms with Crippen LogP contribution in [-0.2, 0) is 9.47 Å². The lowest BCUT2D eigenvalue weighted by molar-refractivity contribution is -0.295. The molecule has 0 radical (unpaired) electrons. The fourth-order valence-corrected chi connectivity index (χ4v) is 2.60. The number of benzene rings is 1. The maximum Gasteiger partial charge on any atom is 0.251 e. The molecule has 1 aromatic carbocycles. The van der Waals surface area contributed by atoms with Crippen LogP contribution in [0.3, 0.4) is 0 Å². The highest BCUT2D eigenvalue weighted by atomic mass is 16.7. The van der Waals surface area contributed by atoms with Crippen molar-refractivity contribution in [2.75, 3.05) is 20.3 Å². The largest absolute Gasteiger partial charge is 0.497 e. The minimum atomic E-state index is -1.42. The van der Waals surface area contributed by atoms with Crippen LogP contribution in [0.5, 0.6) is 5.75 Å². The molecule has 1 saturated heterocycles. The van der Waals surface area contributed by atoms with Crippen molar-refractivity contribution in [2.24, 2.45) is 0 Å². The van der Waals surface area contributed by atoms with E-state index in [-0.39, 0.29) is 12.5 Å². The zero-order valence-electron chi connectivity index (χ0n) is 15.0. The average molecular weight is 369 g/mol. The Bertz CT molecular complexity index is 565. The predicted octanol–water partition coefficient (Wildman–Crippen LogP) is 0.0493. The topological polar surface area (TPSA) is 117 Å². The van der Waals surface area contributed by atoms with Crippen molar-refractivity contribution in [1.29, 1.82) is 0 Å². The number of carbonyl (C=O) groups excluding carboxylic acids is 1. The van der Waals surface area contributed by atoms with Crippen LogP contribution < -0.4 is 10.1 Å². The number of carbonyl (C=O) groups is 1. The summed E-state index contributed by atoms with van der Waals surface area (Å²) in [6.07, 6.45) is -4.37. The van der Waals surface area contributed by atoms with Gasteiger partial charge >= 0.3 is 0 Å². The maximum absolute atomic E-state index is 12.2. The first-order chi connectivity index (χ1) is 12.5. The van der Waals surface area contributed by atoms with Crippen LogP contribution in [0.2, 0.25) is 0 Å². The molecule has 5 unspecified atom stereocenters. The molecule has 4 N–H and O–H groups in total. The lowest BCUT2D eigenvalue weighted by atomic mass is 9.98. The summed E-state index contributed by atoms with van der Waals surface area (Å²) in [5, 5.41) is 32.7. The molecule has 8 nitrogen and oxygen atoms in total. The standard InChI is InChI=1S/C18H27NO7/c1-3-4-9-25-18-16(22)15(21)14(20)13(26-18)10-19-17(23)11-5-7-12(24-2)8-6-11/h5-8,13-16,18,20-22H,3-4,9-10H2,1-2H3,(H,19,23). The Morgan fingerprint density at radius 3 is 2.46 bits per heavy atom. The highest BCUT2D eigenvalue weighted by Gasteiger charge is 2.44. The maximum atomic E-state index is 12.2.